The van der Waals surface area contributed by atoms with Gasteiger partial charge in [-0.15, -0.1) is 0 Å². The van der Waals surface area contributed by atoms with Crippen molar-refractivity contribution >= 4 is 5.91 Å². The third kappa shape index (κ3) is 5.46. The summed E-state index contributed by atoms with van der Waals surface area (Å²) in [5.41, 5.74) is 2.06. The predicted molar refractivity (Wildman–Crippen MR) is 81.2 cm³/mol. The minimum Gasteiger partial charge on any atom is -0.349 e. The van der Waals surface area contributed by atoms with Crippen molar-refractivity contribution in [2.24, 2.45) is 0 Å². The fourth-order valence-electron chi connectivity index (χ4n) is 2.09. The number of benzene rings is 1. The lowest BCUT2D eigenvalue weighted by atomic mass is 10.0. The van der Waals surface area contributed by atoms with Crippen molar-refractivity contribution in [3.63, 3.8) is 0 Å². The van der Waals surface area contributed by atoms with Gasteiger partial charge in [0.15, 0.2) is 0 Å². The van der Waals surface area contributed by atoms with E-state index in [2.05, 4.69) is 38.2 Å². The van der Waals surface area contributed by atoms with Crippen molar-refractivity contribution in [2.45, 2.75) is 58.4 Å². The molecule has 0 saturated carbocycles. The molecule has 0 fully saturated rings. The molecule has 1 amide bonds. The summed E-state index contributed by atoms with van der Waals surface area (Å²) in [6.45, 7) is 8.04. The summed E-state index contributed by atoms with van der Waals surface area (Å²) in [5.74, 6) is 0.0398. The minimum atomic E-state index is 0.0398. The molecular weight excluding hydrogens is 234 g/mol. The molecule has 0 aliphatic rings. The van der Waals surface area contributed by atoms with Crippen LogP contribution in [-0.4, -0.2) is 11.9 Å². The molecule has 0 heterocycles. The molecule has 1 N–H and O–H groups in total. The molecule has 0 aliphatic heterocycles. The van der Waals surface area contributed by atoms with E-state index < -0.39 is 0 Å². The van der Waals surface area contributed by atoms with Gasteiger partial charge in [0.05, 0.1) is 0 Å². The van der Waals surface area contributed by atoms with Crippen LogP contribution in [0.15, 0.2) is 24.3 Å². The Bertz CT molecular complexity index is 365. The van der Waals surface area contributed by atoms with E-state index in [0.29, 0.717) is 0 Å². The van der Waals surface area contributed by atoms with E-state index in [4.69, 9.17) is 0 Å². The topological polar surface area (TPSA) is 29.1 Å². The van der Waals surface area contributed by atoms with E-state index in [9.17, 15) is 4.79 Å². The van der Waals surface area contributed by atoms with E-state index in [1.54, 1.807) is 0 Å². The van der Waals surface area contributed by atoms with Gasteiger partial charge in [-0.05, 0) is 43.4 Å². The standard InChI is InChI=1S/C17H26NO/c1-4-7-8-9-14-10-12-15(13-11-14)17(19)18-16(5-2)6-3/h10-13,16H,1,4-9H2,2-3H3,(H,18,19). The summed E-state index contributed by atoms with van der Waals surface area (Å²) in [4.78, 5) is 12.0. The summed E-state index contributed by atoms with van der Waals surface area (Å²) in [7, 11) is 0. The summed E-state index contributed by atoms with van der Waals surface area (Å²) in [6.07, 6.45) is 6.36. The Morgan fingerprint density at radius 1 is 1.16 bits per heavy atom. The molecular formula is C17H26NO. The number of hydrogen-bond donors (Lipinski definition) is 1. The van der Waals surface area contributed by atoms with Gasteiger partial charge in [0, 0.05) is 11.6 Å². The third-order valence-corrected chi connectivity index (χ3v) is 3.50. The van der Waals surface area contributed by atoms with Crippen LogP contribution in [0.25, 0.3) is 0 Å². The van der Waals surface area contributed by atoms with Crippen molar-refractivity contribution in [1.82, 2.24) is 5.32 Å². The van der Waals surface area contributed by atoms with Crippen LogP contribution in [0, 0.1) is 6.92 Å². The predicted octanol–water partition coefficient (Wildman–Crippen LogP) is 4.15. The van der Waals surface area contributed by atoms with Crippen LogP contribution in [0.3, 0.4) is 0 Å². The molecule has 1 aromatic carbocycles. The van der Waals surface area contributed by atoms with Crippen LogP contribution < -0.4 is 5.32 Å². The molecule has 1 rings (SSSR count). The highest BCUT2D eigenvalue weighted by molar-refractivity contribution is 5.94. The Labute approximate surface area is 117 Å². The van der Waals surface area contributed by atoms with E-state index in [-0.39, 0.29) is 11.9 Å². The van der Waals surface area contributed by atoms with Gasteiger partial charge in [-0.2, -0.15) is 0 Å². The first-order chi connectivity index (χ1) is 9.21. The first kappa shape index (κ1) is 15.7. The molecule has 1 aromatic rings. The van der Waals surface area contributed by atoms with Gasteiger partial charge in [0.1, 0.15) is 0 Å². The Balaban J connectivity index is 2.52. The Morgan fingerprint density at radius 2 is 1.79 bits per heavy atom. The molecule has 0 saturated heterocycles. The first-order valence-corrected chi connectivity index (χ1v) is 7.40. The van der Waals surface area contributed by atoms with Crippen molar-refractivity contribution in [2.75, 3.05) is 0 Å². The van der Waals surface area contributed by atoms with Crippen molar-refractivity contribution in [3.8, 4) is 0 Å². The zero-order chi connectivity index (χ0) is 14.1. The van der Waals surface area contributed by atoms with Gasteiger partial charge in [0.2, 0.25) is 0 Å². The van der Waals surface area contributed by atoms with Crippen LogP contribution >= 0.6 is 0 Å². The normalized spacial score (nSPS) is 10.7. The molecule has 0 bridgehead atoms. The highest BCUT2D eigenvalue weighted by Gasteiger charge is 2.10. The molecule has 0 aliphatic carbocycles. The average Bonchev–Trinajstić information content (AvgIpc) is 2.45. The largest absolute Gasteiger partial charge is 0.349 e. The number of hydrogen-bond acceptors (Lipinski definition) is 1. The van der Waals surface area contributed by atoms with Crippen molar-refractivity contribution in [3.05, 3.63) is 42.3 Å². The maximum absolute atomic E-state index is 12.0. The molecule has 1 radical (unpaired) electrons. The summed E-state index contributed by atoms with van der Waals surface area (Å²) >= 11 is 0. The minimum absolute atomic E-state index is 0.0398. The number of carbonyl (C=O) groups excluding carboxylic acids is 1. The Kier molecular flexibility index (Phi) is 7.24. The number of carbonyl (C=O) groups is 1. The lowest BCUT2D eigenvalue weighted by Gasteiger charge is -2.14. The molecule has 0 spiro atoms. The molecule has 19 heavy (non-hydrogen) atoms. The SMILES string of the molecule is [CH2]CCCCc1ccc(C(=O)NC(CC)CC)cc1. The molecule has 2 nitrogen and oxygen atoms in total. The fraction of sp³-hybridized carbons (Fsp3) is 0.529. The summed E-state index contributed by atoms with van der Waals surface area (Å²) in [5, 5.41) is 3.06. The quantitative estimate of drug-likeness (QED) is 0.699. The highest BCUT2D eigenvalue weighted by Crippen LogP contribution is 2.09. The molecule has 2 heteroatoms. The lowest BCUT2D eigenvalue weighted by Crippen LogP contribution is -2.33. The second kappa shape index (κ2) is 8.73. The van der Waals surface area contributed by atoms with Gasteiger partial charge in [-0.25, -0.2) is 0 Å². The number of amides is 1. The Hall–Kier alpha value is -1.31. The molecule has 0 atom stereocenters. The third-order valence-electron chi connectivity index (χ3n) is 3.50. The molecule has 0 unspecified atom stereocenters. The fourth-order valence-corrected chi connectivity index (χ4v) is 2.09. The number of unbranched alkanes of at least 4 members (excludes halogenated alkanes) is 2. The maximum Gasteiger partial charge on any atom is 0.251 e. The lowest BCUT2D eigenvalue weighted by molar-refractivity contribution is 0.0935. The van der Waals surface area contributed by atoms with E-state index >= 15 is 0 Å². The van der Waals surface area contributed by atoms with Gasteiger partial charge in [-0.3, -0.25) is 4.79 Å². The van der Waals surface area contributed by atoms with Gasteiger partial charge < -0.3 is 5.32 Å². The number of aryl methyl sites for hydroxylation is 1. The van der Waals surface area contributed by atoms with Crippen molar-refractivity contribution < 1.29 is 4.79 Å². The molecule has 105 valence electrons. The zero-order valence-electron chi connectivity index (χ0n) is 12.2. The van der Waals surface area contributed by atoms with Gasteiger partial charge in [0.25, 0.3) is 5.91 Å². The van der Waals surface area contributed by atoms with Crippen LogP contribution in [0.4, 0.5) is 0 Å². The first-order valence-electron chi connectivity index (χ1n) is 7.40. The average molecular weight is 260 g/mol. The maximum atomic E-state index is 12.0. The number of nitrogens with one attached hydrogen (secondary N) is 1. The van der Waals surface area contributed by atoms with Gasteiger partial charge >= 0.3 is 0 Å². The summed E-state index contributed by atoms with van der Waals surface area (Å²) in [6, 6.07) is 8.26. The Morgan fingerprint density at radius 3 is 2.32 bits per heavy atom. The van der Waals surface area contributed by atoms with Crippen LogP contribution in [0.5, 0.6) is 0 Å². The van der Waals surface area contributed by atoms with Crippen LogP contribution in [0.2, 0.25) is 0 Å². The second-order valence-electron chi connectivity index (χ2n) is 4.99. The smallest absolute Gasteiger partial charge is 0.251 e. The van der Waals surface area contributed by atoms with E-state index in [0.717, 1.165) is 37.7 Å². The monoisotopic (exact) mass is 260 g/mol. The summed E-state index contributed by atoms with van der Waals surface area (Å²) < 4.78 is 0. The van der Waals surface area contributed by atoms with E-state index in [1.807, 2.05) is 12.1 Å². The zero-order valence-corrected chi connectivity index (χ0v) is 12.2. The highest BCUT2D eigenvalue weighted by atomic mass is 16.1. The second-order valence-corrected chi connectivity index (χ2v) is 4.99. The van der Waals surface area contributed by atoms with Gasteiger partial charge in [-0.1, -0.05) is 45.7 Å². The molecule has 0 aromatic heterocycles. The number of rotatable bonds is 8. The van der Waals surface area contributed by atoms with Crippen LogP contribution in [-0.2, 0) is 6.42 Å². The van der Waals surface area contributed by atoms with Crippen molar-refractivity contribution in [1.29, 1.82) is 0 Å². The van der Waals surface area contributed by atoms with Crippen LogP contribution in [0.1, 0.15) is 61.9 Å². The van der Waals surface area contributed by atoms with E-state index in [1.165, 1.54) is 12.0 Å².